The molecule has 0 aromatic carbocycles. The first-order valence-corrected chi connectivity index (χ1v) is 4.46. The van der Waals surface area contributed by atoms with Gasteiger partial charge in [0.15, 0.2) is 0 Å². The van der Waals surface area contributed by atoms with E-state index in [1.165, 1.54) is 0 Å². The fraction of sp³-hybridized carbons (Fsp3) is 1.00. The van der Waals surface area contributed by atoms with Gasteiger partial charge in [-0.2, -0.15) is 13.2 Å². The van der Waals surface area contributed by atoms with E-state index in [-0.39, 0.29) is 12.6 Å². The third kappa shape index (κ3) is 1.34. The van der Waals surface area contributed by atoms with E-state index in [4.69, 9.17) is 10.5 Å². The smallest absolute Gasteiger partial charge is 0.374 e. The molecule has 0 saturated carbocycles. The van der Waals surface area contributed by atoms with Gasteiger partial charge in [0.2, 0.25) is 0 Å². The van der Waals surface area contributed by atoms with E-state index in [1.54, 1.807) is 0 Å². The highest BCUT2D eigenvalue weighted by Gasteiger charge is 2.59. The number of hydrogen-bond donors (Lipinski definition) is 1. The number of fused-ring (bicyclic) bond motifs is 2. The summed E-state index contributed by atoms with van der Waals surface area (Å²) in [5, 5.41) is 0. The van der Waals surface area contributed by atoms with Crippen LogP contribution in [0.25, 0.3) is 0 Å². The van der Waals surface area contributed by atoms with Gasteiger partial charge in [0.1, 0.15) is 0 Å². The maximum atomic E-state index is 12.5. The van der Waals surface area contributed by atoms with E-state index >= 15 is 0 Å². The zero-order chi connectivity index (χ0) is 9.64. The molecule has 2 N–H and O–H groups in total. The Morgan fingerprint density at radius 3 is 2.31 bits per heavy atom. The lowest BCUT2D eigenvalue weighted by Gasteiger charge is -2.28. The van der Waals surface area contributed by atoms with Crippen LogP contribution in [0.3, 0.4) is 0 Å². The van der Waals surface area contributed by atoms with Gasteiger partial charge < -0.3 is 10.5 Å². The summed E-state index contributed by atoms with van der Waals surface area (Å²) in [6.07, 6.45) is -3.76. The van der Waals surface area contributed by atoms with Crippen LogP contribution in [0.1, 0.15) is 12.8 Å². The van der Waals surface area contributed by atoms with Gasteiger partial charge in [-0.05, 0) is 19.4 Å². The maximum absolute atomic E-state index is 12.5. The molecule has 76 valence electrons. The van der Waals surface area contributed by atoms with Crippen molar-refractivity contribution < 1.29 is 17.9 Å². The fourth-order valence-electron chi connectivity index (χ4n) is 2.53. The number of alkyl halides is 3. The van der Waals surface area contributed by atoms with Gasteiger partial charge in [-0.3, -0.25) is 0 Å². The number of nitrogens with two attached hydrogens (primary N) is 1. The second-order valence-corrected chi connectivity index (χ2v) is 3.76. The first kappa shape index (κ1) is 9.27. The molecule has 2 fully saturated rings. The summed E-state index contributed by atoms with van der Waals surface area (Å²) in [6.45, 7) is 0.0747. The molecule has 0 amide bonds. The lowest BCUT2D eigenvalue weighted by molar-refractivity contribution is -0.195. The highest BCUT2D eigenvalue weighted by atomic mass is 19.4. The molecule has 0 radical (unpaired) electrons. The average Bonchev–Trinajstić information content (AvgIpc) is 2.59. The molecule has 0 aromatic rings. The van der Waals surface area contributed by atoms with E-state index in [2.05, 4.69) is 0 Å². The minimum atomic E-state index is -4.15. The summed E-state index contributed by atoms with van der Waals surface area (Å²) in [4.78, 5) is 0. The third-order valence-electron chi connectivity index (χ3n) is 3.07. The van der Waals surface area contributed by atoms with Crippen molar-refractivity contribution in [2.75, 3.05) is 6.54 Å². The fourth-order valence-corrected chi connectivity index (χ4v) is 2.53. The van der Waals surface area contributed by atoms with Crippen molar-refractivity contribution in [1.82, 2.24) is 0 Å². The van der Waals surface area contributed by atoms with Crippen LogP contribution in [0.15, 0.2) is 0 Å². The number of ether oxygens (including phenoxy) is 1. The minimum absolute atomic E-state index is 0.0747. The Balaban J connectivity index is 2.18. The number of hydrogen-bond acceptors (Lipinski definition) is 2. The third-order valence-corrected chi connectivity index (χ3v) is 3.07. The minimum Gasteiger partial charge on any atom is -0.374 e. The average molecular weight is 195 g/mol. The lowest BCUT2D eigenvalue weighted by atomic mass is 9.79. The number of halogens is 3. The summed E-state index contributed by atoms with van der Waals surface area (Å²) in [5.74, 6) is -1.84. The van der Waals surface area contributed by atoms with Crippen LogP contribution in [0.2, 0.25) is 0 Å². The second-order valence-electron chi connectivity index (χ2n) is 3.76. The molecular weight excluding hydrogens is 183 g/mol. The first-order chi connectivity index (χ1) is 6.04. The van der Waals surface area contributed by atoms with E-state index in [0.29, 0.717) is 6.42 Å². The quantitative estimate of drug-likeness (QED) is 0.684. The standard InChI is InChI=1S/C8H12F3NO/c9-8(10,11)7-4(3-12)5-1-2-6(7)13-5/h4-7H,1-3,12H2/t4-,5-,6-,7+/m1/s1. The predicted molar refractivity (Wildman–Crippen MR) is 40.0 cm³/mol. The van der Waals surface area contributed by atoms with Gasteiger partial charge in [0, 0.05) is 5.92 Å². The number of rotatable bonds is 1. The van der Waals surface area contributed by atoms with Crippen LogP contribution in [0.4, 0.5) is 13.2 Å². The molecule has 4 atom stereocenters. The molecule has 0 unspecified atom stereocenters. The van der Waals surface area contributed by atoms with Crippen LogP contribution < -0.4 is 5.73 Å². The van der Waals surface area contributed by atoms with Crippen molar-refractivity contribution in [3.05, 3.63) is 0 Å². The molecule has 2 aliphatic heterocycles. The van der Waals surface area contributed by atoms with Crippen molar-refractivity contribution in [3.63, 3.8) is 0 Å². The molecule has 2 heterocycles. The molecule has 0 aromatic heterocycles. The Labute approximate surface area is 74.2 Å². The summed E-state index contributed by atoms with van der Waals surface area (Å²) in [5.41, 5.74) is 5.33. The summed E-state index contributed by atoms with van der Waals surface area (Å²) < 4.78 is 42.8. The van der Waals surface area contributed by atoms with Gasteiger partial charge in [0.05, 0.1) is 18.1 Å². The molecule has 2 saturated heterocycles. The Bertz CT molecular complexity index is 206. The highest BCUT2D eigenvalue weighted by Crippen LogP contribution is 2.49. The Morgan fingerprint density at radius 1 is 1.23 bits per heavy atom. The Hall–Kier alpha value is -0.290. The van der Waals surface area contributed by atoms with E-state index < -0.39 is 24.1 Å². The van der Waals surface area contributed by atoms with Crippen molar-refractivity contribution in [1.29, 1.82) is 0 Å². The van der Waals surface area contributed by atoms with Gasteiger partial charge in [-0.15, -0.1) is 0 Å². The molecule has 5 heteroatoms. The van der Waals surface area contributed by atoms with Crippen LogP contribution in [0, 0.1) is 11.8 Å². The summed E-state index contributed by atoms with van der Waals surface area (Å²) in [7, 11) is 0. The monoisotopic (exact) mass is 195 g/mol. The molecule has 2 aliphatic rings. The predicted octanol–water partition coefficient (Wildman–Crippen LogP) is 1.30. The van der Waals surface area contributed by atoms with Crippen LogP contribution >= 0.6 is 0 Å². The SMILES string of the molecule is NC[C@H]1[C@H](C(F)(F)F)[C@H]2CC[C@H]1O2. The van der Waals surface area contributed by atoms with Crippen LogP contribution in [-0.4, -0.2) is 24.9 Å². The molecule has 0 aliphatic carbocycles. The van der Waals surface area contributed by atoms with Crippen molar-refractivity contribution >= 4 is 0 Å². The van der Waals surface area contributed by atoms with E-state index in [1.807, 2.05) is 0 Å². The topological polar surface area (TPSA) is 35.2 Å². The van der Waals surface area contributed by atoms with Gasteiger partial charge in [-0.1, -0.05) is 0 Å². The van der Waals surface area contributed by atoms with Crippen molar-refractivity contribution in [3.8, 4) is 0 Å². The second kappa shape index (κ2) is 2.85. The highest BCUT2D eigenvalue weighted by molar-refractivity contribution is 4.99. The molecular formula is C8H12F3NO. The normalized spacial score (nSPS) is 44.3. The Morgan fingerprint density at radius 2 is 1.85 bits per heavy atom. The molecule has 2 rings (SSSR count). The zero-order valence-electron chi connectivity index (χ0n) is 7.05. The zero-order valence-corrected chi connectivity index (χ0v) is 7.05. The van der Waals surface area contributed by atoms with Gasteiger partial charge >= 0.3 is 6.18 Å². The first-order valence-electron chi connectivity index (χ1n) is 4.46. The summed E-state index contributed by atoms with van der Waals surface area (Å²) in [6, 6.07) is 0. The van der Waals surface area contributed by atoms with E-state index in [0.717, 1.165) is 6.42 Å². The van der Waals surface area contributed by atoms with Crippen molar-refractivity contribution in [2.24, 2.45) is 17.6 Å². The van der Waals surface area contributed by atoms with Crippen LogP contribution in [0.5, 0.6) is 0 Å². The summed E-state index contributed by atoms with van der Waals surface area (Å²) >= 11 is 0. The van der Waals surface area contributed by atoms with Gasteiger partial charge in [0.25, 0.3) is 0 Å². The van der Waals surface area contributed by atoms with Crippen molar-refractivity contribution in [2.45, 2.75) is 31.2 Å². The van der Waals surface area contributed by atoms with Crippen LogP contribution in [-0.2, 0) is 4.74 Å². The molecule has 0 spiro atoms. The lowest BCUT2D eigenvalue weighted by Crippen LogP contribution is -2.41. The molecule has 2 bridgehead atoms. The Kier molecular flexibility index (Phi) is 2.03. The van der Waals surface area contributed by atoms with E-state index in [9.17, 15) is 13.2 Å². The molecule has 13 heavy (non-hydrogen) atoms. The largest absolute Gasteiger partial charge is 0.394 e. The molecule has 2 nitrogen and oxygen atoms in total. The van der Waals surface area contributed by atoms with Gasteiger partial charge in [-0.25, -0.2) is 0 Å². The maximum Gasteiger partial charge on any atom is 0.394 e.